The van der Waals surface area contributed by atoms with Gasteiger partial charge < -0.3 is 15.9 Å². The average Bonchev–Trinajstić information content (AvgIpc) is 2.13. The number of phenols is 1. The summed E-state index contributed by atoms with van der Waals surface area (Å²) in [6.45, 7) is 3.59. The molecular formula is C11H16ClNO3. The minimum absolute atomic E-state index is 0. The fourth-order valence-electron chi connectivity index (χ4n) is 1.40. The van der Waals surface area contributed by atoms with Gasteiger partial charge in [0, 0.05) is 0 Å². The monoisotopic (exact) mass is 245 g/mol. The van der Waals surface area contributed by atoms with Crippen LogP contribution in [0.25, 0.3) is 0 Å². The number of aromatic hydroxyl groups is 1. The van der Waals surface area contributed by atoms with Crippen LogP contribution in [0.15, 0.2) is 12.1 Å². The fraction of sp³-hybridized carbons (Fsp3) is 0.364. The lowest BCUT2D eigenvalue weighted by Gasteiger charge is -2.11. The van der Waals surface area contributed by atoms with Crippen molar-refractivity contribution in [3.05, 3.63) is 28.8 Å². The van der Waals surface area contributed by atoms with Gasteiger partial charge in [0.05, 0.1) is 0 Å². The first-order valence-corrected chi connectivity index (χ1v) is 4.69. The van der Waals surface area contributed by atoms with Gasteiger partial charge in [0.1, 0.15) is 11.8 Å². The number of carboxylic acid groups (broad SMARTS) is 1. The molecule has 0 saturated carbocycles. The average molecular weight is 246 g/mol. The molecular weight excluding hydrogens is 230 g/mol. The van der Waals surface area contributed by atoms with Gasteiger partial charge in [-0.15, -0.1) is 12.4 Å². The molecule has 0 heterocycles. The molecule has 4 nitrogen and oxygen atoms in total. The molecule has 0 radical (unpaired) electrons. The minimum Gasteiger partial charge on any atom is -0.508 e. The van der Waals surface area contributed by atoms with Crippen molar-refractivity contribution in [1.82, 2.24) is 0 Å². The van der Waals surface area contributed by atoms with E-state index < -0.39 is 12.0 Å². The van der Waals surface area contributed by atoms with Crippen LogP contribution in [0.1, 0.15) is 16.7 Å². The first-order valence-electron chi connectivity index (χ1n) is 4.69. The Bertz CT molecular complexity index is 393. The summed E-state index contributed by atoms with van der Waals surface area (Å²) in [5, 5.41) is 18.1. The van der Waals surface area contributed by atoms with Crippen molar-refractivity contribution in [3.63, 3.8) is 0 Å². The number of carbonyl (C=O) groups is 1. The third-order valence-electron chi connectivity index (χ3n) is 2.41. The lowest BCUT2D eigenvalue weighted by atomic mass is 9.99. The molecule has 1 rings (SSSR count). The highest BCUT2D eigenvalue weighted by molar-refractivity contribution is 5.85. The number of rotatable bonds is 3. The molecule has 4 N–H and O–H groups in total. The number of hydrogen-bond donors (Lipinski definition) is 3. The van der Waals surface area contributed by atoms with Crippen LogP contribution in [-0.2, 0) is 11.2 Å². The highest BCUT2D eigenvalue weighted by atomic mass is 35.5. The Morgan fingerprint density at radius 1 is 1.38 bits per heavy atom. The van der Waals surface area contributed by atoms with Gasteiger partial charge in [-0.05, 0) is 43.0 Å². The van der Waals surface area contributed by atoms with Gasteiger partial charge in [-0.3, -0.25) is 4.79 Å². The molecule has 5 heteroatoms. The van der Waals surface area contributed by atoms with Crippen molar-refractivity contribution in [2.45, 2.75) is 26.3 Å². The van der Waals surface area contributed by atoms with Gasteiger partial charge >= 0.3 is 5.97 Å². The second-order valence-electron chi connectivity index (χ2n) is 3.71. The zero-order valence-corrected chi connectivity index (χ0v) is 10.0. The lowest BCUT2D eigenvalue weighted by molar-refractivity contribution is -0.138. The van der Waals surface area contributed by atoms with Gasteiger partial charge in [-0.1, -0.05) is 6.07 Å². The third kappa shape index (κ3) is 3.40. The smallest absolute Gasteiger partial charge is 0.320 e. The van der Waals surface area contributed by atoms with Gasteiger partial charge in [-0.2, -0.15) is 0 Å². The third-order valence-corrected chi connectivity index (χ3v) is 2.41. The molecule has 0 bridgehead atoms. The summed E-state index contributed by atoms with van der Waals surface area (Å²) in [4.78, 5) is 10.6. The predicted octanol–water partition coefficient (Wildman–Crippen LogP) is 1.39. The molecule has 0 aliphatic heterocycles. The van der Waals surface area contributed by atoms with Crippen LogP contribution in [-0.4, -0.2) is 22.2 Å². The van der Waals surface area contributed by atoms with Crippen molar-refractivity contribution in [1.29, 1.82) is 0 Å². The van der Waals surface area contributed by atoms with Crippen molar-refractivity contribution >= 4 is 18.4 Å². The maximum absolute atomic E-state index is 10.6. The fourth-order valence-corrected chi connectivity index (χ4v) is 1.40. The molecule has 90 valence electrons. The zero-order valence-electron chi connectivity index (χ0n) is 9.23. The second-order valence-corrected chi connectivity index (χ2v) is 3.71. The molecule has 0 fully saturated rings. The summed E-state index contributed by atoms with van der Waals surface area (Å²) in [5.74, 6) is -0.791. The van der Waals surface area contributed by atoms with E-state index in [1.54, 1.807) is 19.1 Å². The van der Waals surface area contributed by atoms with Crippen LogP contribution in [0.5, 0.6) is 5.75 Å². The van der Waals surface area contributed by atoms with Crippen LogP contribution in [0.2, 0.25) is 0 Å². The molecule has 0 aromatic heterocycles. The van der Waals surface area contributed by atoms with E-state index in [0.29, 0.717) is 0 Å². The van der Waals surface area contributed by atoms with Crippen LogP contribution < -0.4 is 5.73 Å². The molecule has 0 saturated heterocycles. The molecule has 0 aliphatic rings. The second kappa shape index (κ2) is 5.72. The molecule has 0 amide bonds. The standard InChI is InChI=1S/C11H15NO3.ClH/c1-6-4-10(13)7(2)3-8(6)5-9(12)11(14)15;/h3-4,9,13H,5,12H2,1-2H3,(H,14,15);1H. The normalized spacial score (nSPS) is 11.7. The van der Waals surface area contributed by atoms with E-state index in [1.807, 2.05) is 6.92 Å². The Morgan fingerprint density at radius 2 is 1.94 bits per heavy atom. The maximum Gasteiger partial charge on any atom is 0.320 e. The number of hydrogen-bond acceptors (Lipinski definition) is 3. The molecule has 1 unspecified atom stereocenters. The first-order chi connectivity index (χ1) is 6.91. The van der Waals surface area contributed by atoms with Crippen molar-refractivity contribution in [3.8, 4) is 5.75 Å². The molecule has 16 heavy (non-hydrogen) atoms. The molecule has 1 aromatic rings. The zero-order chi connectivity index (χ0) is 11.6. The van der Waals surface area contributed by atoms with Crippen molar-refractivity contribution in [2.75, 3.05) is 0 Å². The van der Waals surface area contributed by atoms with E-state index in [4.69, 9.17) is 10.8 Å². The van der Waals surface area contributed by atoms with E-state index in [1.165, 1.54) is 0 Å². The Kier molecular flexibility index (Phi) is 5.27. The number of benzene rings is 1. The number of carboxylic acids is 1. The summed E-state index contributed by atoms with van der Waals surface area (Å²) in [7, 11) is 0. The highest BCUT2D eigenvalue weighted by Crippen LogP contribution is 2.21. The number of aliphatic carboxylic acids is 1. The molecule has 1 atom stereocenters. The topological polar surface area (TPSA) is 83.6 Å². The first kappa shape index (κ1) is 14.7. The van der Waals surface area contributed by atoms with Gasteiger partial charge in [0.15, 0.2) is 0 Å². The summed E-state index contributed by atoms with van der Waals surface area (Å²) in [6.07, 6.45) is 0.280. The number of aryl methyl sites for hydroxylation is 2. The summed E-state index contributed by atoms with van der Waals surface area (Å²) in [6, 6.07) is 2.50. The Hall–Kier alpha value is -1.26. The molecule has 0 spiro atoms. The minimum atomic E-state index is -1.01. The van der Waals surface area contributed by atoms with E-state index in [9.17, 15) is 9.90 Å². The number of halogens is 1. The summed E-state index contributed by atoms with van der Waals surface area (Å²) >= 11 is 0. The van der Waals surface area contributed by atoms with E-state index in [0.717, 1.165) is 16.7 Å². The van der Waals surface area contributed by atoms with Crippen LogP contribution in [0.4, 0.5) is 0 Å². The van der Waals surface area contributed by atoms with Crippen LogP contribution in [0, 0.1) is 13.8 Å². The van der Waals surface area contributed by atoms with E-state index in [2.05, 4.69) is 0 Å². The Labute approximate surface area is 100 Å². The van der Waals surface area contributed by atoms with Gasteiger partial charge in [0.25, 0.3) is 0 Å². The van der Waals surface area contributed by atoms with Crippen molar-refractivity contribution < 1.29 is 15.0 Å². The summed E-state index contributed by atoms with van der Waals surface area (Å²) in [5.41, 5.74) is 7.89. The maximum atomic E-state index is 10.6. The predicted molar refractivity (Wildman–Crippen MR) is 64.1 cm³/mol. The van der Waals surface area contributed by atoms with Crippen LogP contribution in [0.3, 0.4) is 0 Å². The Balaban J connectivity index is 0.00000225. The molecule has 0 aliphatic carbocycles. The van der Waals surface area contributed by atoms with E-state index >= 15 is 0 Å². The van der Waals surface area contributed by atoms with Crippen LogP contribution >= 0.6 is 12.4 Å². The molecule has 1 aromatic carbocycles. The van der Waals surface area contributed by atoms with E-state index in [-0.39, 0.29) is 24.6 Å². The largest absolute Gasteiger partial charge is 0.508 e. The summed E-state index contributed by atoms with van der Waals surface area (Å²) < 4.78 is 0. The van der Waals surface area contributed by atoms with Gasteiger partial charge in [-0.25, -0.2) is 0 Å². The highest BCUT2D eigenvalue weighted by Gasteiger charge is 2.14. The number of nitrogens with two attached hydrogens (primary N) is 1. The lowest BCUT2D eigenvalue weighted by Crippen LogP contribution is -2.32. The van der Waals surface area contributed by atoms with Crippen molar-refractivity contribution in [2.24, 2.45) is 5.73 Å². The SMILES string of the molecule is Cc1cc(CC(N)C(=O)O)c(C)cc1O.Cl. The van der Waals surface area contributed by atoms with Gasteiger partial charge in [0.2, 0.25) is 0 Å². The number of phenolic OH excluding ortho intramolecular Hbond substituents is 1. The Morgan fingerprint density at radius 3 is 2.44 bits per heavy atom. The quantitative estimate of drug-likeness (QED) is 0.751.